The lowest BCUT2D eigenvalue weighted by Gasteiger charge is -2.29. The summed E-state index contributed by atoms with van der Waals surface area (Å²) in [6.45, 7) is 20.3. The van der Waals surface area contributed by atoms with Gasteiger partial charge in [-0.05, 0) is 93.7 Å². The summed E-state index contributed by atoms with van der Waals surface area (Å²) < 4.78 is 0. The summed E-state index contributed by atoms with van der Waals surface area (Å²) >= 11 is 0. The first-order chi connectivity index (χ1) is 31.3. The smallest absolute Gasteiger partial charge is 0.112 e. The zero-order chi connectivity index (χ0) is 45.1. The van der Waals surface area contributed by atoms with Gasteiger partial charge in [0.1, 0.15) is 21.4 Å². The molecule has 0 amide bonds. The lowest BCUT2D eigenvalue weighted by atomic mass is 9.85. The Hall–Kier alpha value is -6.82. The number of nitrogens with zero attached hydrogens (tertiary/aromatic N) is 4. The second-order valence-corrected chi connectivity index (χ2v) is 24.8. The van der Waals surface area contributed by atoms with Crippen molar-refractivity contribution < 1.29 is 0 Å². The molecule has 0 radical (unpaired) electrons. The van der Waals surface area contributed by atoms with Crippen LogP contribution in [-0.4, -0.2) is 21.4 Å². The van der Waals surface area contributed by atoms with Crippen LogP contribution < -0.4 is 30.0 Å². The second kappa shape index (κ2) is 16.3. The minimum Gasteiger partial charge on any atom is -0.321 e. The monoisotopic (exact) mass is 864 g/mol. The van der Waals surface area contributed by atoms with E-state index in [0.29, 0.717) is 0 Å². The van der Waals surface area contributed by atoms with Gasteiger partial charge in [-0.1, -0.05) is 198 Å². The van der Waals surface area contributed by atoms with E-state index in [0.717, 1.165) is 13.3 Å². The summed E-state index contributed by atoms with van der Waals surface area (Å²) in [6.07, 6.45) is 0. The molecule has 0 atom stereocenters. The highest BCUT2D eigenvalue weighted by molar-refractivity contribution is 7.00. The number of fused-ring (bicyclic) bond motifs is 2. The number of hydrogen-bond donors (Lipinski definition) is 0. The molecular weight excluding hydrogens is 805 g/mol. The van der Waals surface area contributed by atoms with Crippen LogP contribution in [0.5, 0.6) is 0 Å². The van der Waals surface area contributed by atoms with E-state index < -0.39 is 8.07 Å². The van der Waals surface area contributed by atoms with Gasteiger partial charge in [0.05, 0.1) is 34.1 Å². The number of hydrogen-bond acceptors (Lipinski definition) is 4. The van der Waals surface area contributed by atoms with E-state index in [1.54, 1.807) is 0 Å². The predicted octanol–water partition coefficient (Wildman–Crippen LogP) is 14.9. The highest BCUT2D eigenvalue weighted by Gasteiger charge is 2.34. The second-order valence-electron chi connectivity index (χ2n) is 20.4. The molecule has 0 fully saturated rings. The lowest BCUT2D eigenvalue weighted by Crippen LogP contribution is -2.53. The summed E-state index contributed by atoms with van der Waals surface area (Å²) in [4.78, 5) is 10.1. The maximum absolute atomic E-state index is 2.52. The largest absolute Gasteiger partial charge is 0.321 e. The van der Waals surface area contributed by atoms with E-state index in [1.165, 1.54) is 89.3 Å². The van der Waals surface area contributed by atoms with Crippen molar-refractivity contribution in [2.45, 2.75) is 65.5 Å². The van der Waals surface area contributed by atoms with Gasteiger partial charge in [0.15, 0.2) is 0 Å². The minimum atomic E-state index is -2.21. The Morgan fingerprint density at radius 2 is 0.692 bits per heavy atom. The third kappa shape index (κ3) is 7.82. The van der Waals surface area contributed by atoms with Gasteiger partial charge < -0.3 is 19.6 Å². The van der Waals surface area contributed by atoms with Crippen LogP contribution in [0.3, 0.4) is 0 Å². The summed E-state index contributed by atoms with van der Waals surface area (Å²) in [5, 5.41) is 2.83. The van der Waals surface area contributed by atoms with Crippen LogP contribution in [-0.2, 0) is 10.8 Å². The predicted molar refractivity (Wildman–Crippen MR) is 282 cm³/mol. The van der Waals surface area contributed by atoms with Gasteiger partial charge in [0.2, 0.25) is 0 Å². The van der Waals surface area contributed by atoms with E-state index in [2.05, 4.69) is 268 Å². The highest BCUT2D eigenvalue weighted by atomic mass is 28.3. The van der Waals surface area contributed by atoms with Gasteiger partial charge in [-0.15, -0.1) is 0 Å². The van der Waals surface area contributed by atoms with E-state index >= 15 is 0 Å². The van der Waals surface area contributed by atoms with Gasteiger partial charge in [0, 0.05) is 22.5 Å². The van der Waals surface area contributed by atoms with Gasteiger partial charge in [0.25, 0.3) is 0 Å². The third-order valence-electron chi connectivity index (χ3n) is 13.7. The normalized spacial score (nSPS) is 13.9. The van der Waals surface area contributed by atoms with E-state index in [-0.39, 0.29) is 10.8 Å². The van der Waals surface area contributed by atoms with Crippen LogP contribution >= 0.6 is 0 Å². The molecule has 0 unspecified atom stereocenters. The Morgan fingerprint density at radius 3 is 1.06 bits per heavy atom. The van der Waals surface area contributed by atoms with Crippen LogP contribution in [0.2, 0.25) is 13.1 Å². The Bertz CT molecular complexity index is 2810. The lowest BCUT2D eigenvalue weighted by molar-refractivity contribution is 0.590. The van der Waals surface area contributed by atoms with Crippen molar-refractivity contribution in [2.24, 2.45) is 0 Å². The zero-order valence-electron chi connectivity index (χ0n) is 39.2. The van der Waals surface area contributed by atoms with Crippen molar-refractivity contribution >= 4 is 63.9 Å². The van der Waals surface area contributed by atoms with E-state index in [4.69, 9.17) is 0 Å². The first kappa shape index (κ1) is 42.1. The first-order valence-corrected chi connectivity index (χ1v) is 26.1. The molecule has 65 heavy (non-hydrogen) atoms. The minimum absolute atomic E-state index is 0.0201. The van der Waals surface area contributed by atoms with Crippen molar-refractivity contribution in [3.63, 3.8) is 0 Å². The van der Waals surface area contributed by atoms with Gasteiger partial charge in [-0.2, -0.15) is 0 Å². The number of anilines is 8. The molecule has 2 aliphatic heterocycles. The van der Waals surface area contributed by atoms with Crippen LogP contribution in [0.1, 0.15) is 52.7 Å². The summed E-state index contributed by atoms with van der Waals surface area (Å²) in [5.41, 5.74) is 17.5. The number of rotatable bonds is 8. The molecular formula is C60H60N4Si. The van der Waals surface area contributed by atoms with Gasteiger partial charge in [-0.3, -0.25) is 0 Å². The molecule has 0 aliphatic carbocycles. The van der Waals surface area contributed by atoms with Crippen LogP contribution in [0.15, 0.2) is 194 Å². The first-order valence-electron chi connectivity index (χ1n) is 23.1. The fourth-order valence-electron chi connectivity index (χ4n) is 9.74. The Kier molecular flexibility index (Phi) is 10.6. The molecule has 8 aromatic rings. The number of para-hydroxylation sites is 4. The molecule has 0 bridgehead atoms. The van der Waals surface area contributed by atoms with Crippen molar-refractivity contribution in [3.8, 4) is 22.3 Å². The molecule has 2 aliphatic rings. The topological polar surface area (TPSA) is 13.0 Å². The summed E-state index contributed by atoms with van der Waals surface area (Å²) in [5.74, 6) is 0. The van der Waals surface area contributed by atoms with Crippen LogP contribution in [0.4, 0.5) is 45.5 Å². The third-order valence-corrected chi connectivity index (χ3v) is 17.2. The Balaban J connectivity index is 0.989. The maximum atomic E-state index is 2.52. The van der Waals surface area contributed by atoms with Crippen molar-refractivity contribution in [1.82, 2.24) is 0 Å². The molecule has 10 rings (SSSR count). The zero-order valence-corrected chi connectivity index (χ0v) is 40.2. The standard InChI is InChI=1S/C60H60N4Si/c1-59(2,3)45-33-35-51(43-21-11-9-12-22-43)57(37-45)63-41-61(53-29-15-17-31-55(53)63)47-25-19-27-49(39-47)65(7,8)50-28-20-26-48(40-50)62-42-64(56-32-18-16-30-54(56)62)58-38-46(60(4,5)6)34-36-52(58)44-23-13-10-14-24-44/h9-40H,41-42H2,1-8H3. The van der Waals surface area contributed by atoms with Gasteiger partial charge >= 0.3 is 0 Å². The Morgan fingerprint density at radius 1 is 0.338 bits per heavy atom. The molecule has 4 nitrogen and oxygen atoms in total. The quantitative estimate of drug-likeness (QED) is 0.141. The molecule has 0 saturated heterocycles. The van der Waals surface area contributed by atoms with Crippen molar-refractivity contribution in [1.29, 1.82) is 0 Å². The molecule has 0 spiro atoms. The Labute approximate surface area is 388 Å². The van der Waals surface area contributed by atoms with Gasteiger partial charge in [-0.25, -0.2) is 0 Å². The molecule has 2 heterocycles. The summed E-state index contributed by atoms with van der Waals surface area (Å²) in [7, 11) is -2.21. The maximum Gasteiger partial charge on any atom is 0.112 e. The molecule has 8 aromatic carbocycles. The van der Waals surface area contributed by atoms with E-state index in [9.17, 15) is 0 Å². The average Bonchev–Trinajstić information content (AvgIpc) is 3.91. The summed E-state index contributed by atoms with van der Waals surface area (Å²) in [6, 6.07) is 72.4. The molecule has 0 saturated carbocycles. The molecule has 324 valence electrons. The number of benzene rings is 8. The SMILES string of the molecule is CC(C)(C)c1ccc(-c2ccccc2)c(N2CN(c3cccc([Si](C)(C)c4cccc(N5CN(c6cc(C(C)(C)C)ccc6-c6ccccc6)c6ccccc65)c4)c3)c3ccccc32)c1. The van der Waals surface area contributed by atoms with Crippen molar-refractivity contribution in [3.05, 3.63) is 205 Å². The molecule has 0 aromatic heterocycles. The van der Waals surface area contributed by atoms with Crippen LogP contribution in [0, 0.1) is 0 Å². The fourth-order valence-corrected chi connectivity index (χ4v) is 12.1. The van der Waals surface area contributed by atoms with E-state index in [1.807, 2.05) is 0 Å². The van der Waals surface area contributed by atoms with Crippen molar-refractivity contribution in [2.75, 3.05) is 32.9 Å². The molecule has 0 N–H and O–H groups in total. The average molecular weight is 865 g/mol. The highest BCUT2D eigenvalue weighted by Crippen LogP contribution is 2.49. The van der Waals surface area contributed by atoms with Crippen LogP contribution in [0.25, 0.3) is 22.3 Å². The molecule has 5 heteroatoms. The fraction of sp³-hybridized carbons (Fsp3) is 0.200.